The fraction of sp³-hybridized carbons (Fsp3) is 0.250. The number of nitrogens with one attached hydrogen (secondary N) is 2. The fourth-order valence-corrected chi connectivity index (χ4v) is 3.62. The predicted octanol–water partition coefficient (Wildman–Crippen LogP) is 3.76. The normalized spacial score (nSPS) is 11.9. The third-order valence-electron chi connectivity index (χ3n) is 5.44. The van der Waals surface area contributed by atoms with E-state index >= 15 is 0 Å². The van der Waals surface area contributed by atoms with Gasteiger partial charge in [0.25, 0.3) is 5.91 Å². The van der Waals surface area contributed by atoms with Crippen LogP contribution in [0, 0.1) is 5.82 Å². The molecule has 0 aliphatic rings. The second kappa shape index (κ2) is 9.64. The molecule has 0 saturated carbocycles. The zero-order valence-electron chi connectivity index (χ0n) is 18.6. The number of halogens is 1. The molecular weight excluding hydrogens is 421 g/mol. The summed E-state index contributed by atoms with van der Waals surface area (Å²) < 4.78 is 14.3. The molecule has 4 aromatic rings. The number of rotatable bonds is 7. The Morgan fingerprint density at radius 3 is 2.61 bits per heavy atom. The van der Waals surface area contributed by atoms with Crippen molar-refractivity contribution in [3.05, 3.63) is 72.0 Å². The Balaban J connectivity index is 1.56. The molecule has 0 unspecified atom stereocenters. The lowest BCUT2D eigenvalue weighted by molar-refractivity contribution is 0.0960. The van der Waals surface area contributed by atoms with Crippen molar-refractivity contribution in [3.8, 4) is 11.3 Å². The molecule has 2 N–H and O–H groups in total. The van der Waals surface area contributed by atoms with Crippen LogP contribution in [0.25, 0.3) is 22.2 Å². The molecule has 33 heavy (non-hydrogen) atoms. The van der Waals surface area contributed by atoms with Gasteiger partial charge in [0.05, 0.1) is 23.0 Å². The van der Waals surface area contributed by atoms with Crippen LogP contribution in [0.2, 0.25) is 0 Å². The summed E-state index contributed by atoms with van der Waals surface area (Å²) in [4.78, 5) is 33.8. The van der Waals surface area contributed by atoms with Gasteiger partial charge in [0.2, 0.25) is 0 Å². The quantitative estimate of drug-likeness (QED) is 0.446. The summed E-state index contributed by atoms with van der Waals surface area (Å²) in [5.74, 6) is 0.330. The van der Waals surface area contributed by atoms with Crippen LogP contribution in [0.4, 0.5) is 10.2 Å². The number of hydrogen-bond acceptors (Lipinski definition) is 7. The van der Waals surface area contributed by atoms with Gasteiger partial charge >= 0.3 is 0 Å². The monoisotopic (exact) mass is 445 g/mol. The lowest BCUT2D eigenvalue weighted by atomic mass is 9.96. The highest BCUT2D eigenvalue weighted by Gasteiger charge is 2.19. The number of carbonyl (C=O) groups excluding carboxylic acids is 1. The molecule has 0 spiro atoms. The average Bonchev–Trinajstić information content (AvgIpc) is 2.86. The molecular formula is C24H24FN7O. The number of nitrogens with zero attached hydrogens (tertiary/aromatic N) is 5. The minimum Gasteiger partial charge on any atom is -0.369 e. The zero-order valence-corrected chi connectivity index (χ0v) is 18.6. The number of benzene rings is 1. The van der Waals surface area contributed by atoms with Crippen LogP contribution in [-0.4, -0.2) is 44.4 Å². The second-order valence-corrected chi connectivity index (χ2v) is 7.62. The van der Waals surface area contributed by atoms with E-state index in [0.29, 0.717) is 23.3 Å². The van der Waals surface area contributed by atoms with Crippen LogP contribution in [0.15, 0.2) is 49.2 Å². The van der Waals surface area contributed by atoms with E-state index in [2.05, 4.69) is 35.6 Å². The van der Waals surface area contributed by atoms with Gasteiger partial charge in [0.1, 0.15) is 18.0 Å². The van der Waals surface area contributed by atoms with Crippen molar-refractivity contribution in [2.75, 3.05) is 18.9 Å². The molecule has 8 nitrogen and oxygen atoms in total. The number of para-hydroxylation sites is 1. The lowest BCUT2D eigenvalue weighted by Crippen LogP contribution is -2.20. The van der Waals surface area contributed by atoms with Gasteiger partial charge in [-0.05, 0) is 5.56 Å². The van der Waals surface area contributed by atoms with E-state index in [1.165, 1.54) is 13.4 Å². The minimum atomic E-state index is -0.644. The van der Waals surface area contributed by atoms with E-state index in [0.717, 1.165) is 35.3 Å². The van der Waals surface area contributed by atoms with Crippen LogP contribution in [-0.2, 0) is 6.42 Å². The molecule has 0 bridgehead atoms. The molecule has 3 aromatic heterocycles. The summed E-state index contributed by atoms with van der Waals surface area (Å²) in [5.41, 5.74) is 3.04. The summed E-state index contributed by atoms with van der Waals surface area (Å²) in [5, 5.41) is 6.30. The van der Waals surface area contributed by atoms with Crippen molar-refractivity contribution in [1.29, 1.82) is 0 Å². The molecule has 0 aliphatic heterocycles. The first-order valence-corrected chi connectivity index (χ1v) is 10.7. The largest absolute Gasteiger partial charge is 0.369 e. The van der Waals surface area contributed by atoms with E-state index in [4.69, 9.17) is 0 Å². The van der Waals surface area contributed by atoms with Crippen LogP contribution in [0.1, 0.15) is 41.5 Å². The van der Waals surface area contributed by atoms with Crippen molar-refractivity contribution in [3.63, 3.8) is 0 Å². The van der Waals surface area contributed by atoms with E-state index < -0.39 is 11.7 Å². The second-order valence-electron chi connectivity index (χ2n) is 7.62. The molecule has 168 valence electrons. The number of aryl methyl sites for hydroxylation is 1. The smallest absolute Gasteiger partial charge is 0.254 e. The van der Waals surface area contributed by atoms with Crippen molar-refractivity contribution in [2.45, 2.75) is 26.2 Å². The third-order valence-corrected chi connectivity index (χ3v) is 5.44. The number of aromatic nitrogens is 5. The maximum Gasteiger partial charge on any atom is 0.254 e. The standard InChI is InChI=1S/C24H24FN7O/c1-4-20-28-10-15(11-29-20)19-8-21(32-13-31-19)27-9-14(2)16-6-5-7-17-22(24(33)26-3)18(25)12-30-23(16)17/h5-8,10-14H,4,9H2,1-3H3,(H,26,33)(H,27,31,32)/t14-/m1/s1. The van der Waals surface area contributed by atoms with Crippen molar-refractivity contribution >= 4 is 22.6 Å². The summed E-state index contributed by atoms with van der Waals surface area (Å²) in [6, 6.07) is 7.30. The van der Waals surface area contributed by atoms with Gasteiger partial charge in [-0.25, -0.2) is 24.3 Å². The number of hydrogen-bond donors (Lipinski definition) is 2. The van der Waals surface area contributed by atoms with Crippen LogP contribution >= 0.6 is 0 Å². The van der Waals surface area contributed by atoms with E-state index in [1.54, 1.807) is 18.5 Å². The molecule has 0 radical (unpaired) electrons. The summed E-state index contributed by atoms with van der Waals surface area (Å²) in [6.07, 6.45) is 6.87. The number of fused-ring (bicyclic) bond motifs is 1. The Kier molecular flexibility index (Phi) is 6.48. The third kappa shape index (κ3) is 4.62. The molecule has 0 aliphatic carbocycles. The summed E-state index contributed by atoms with van der Waals surface area (Å²) >= 11 is 0. The molecule has 0 saturated heterocycles. The highest BCUT2D eigenvalue weighted by atomic mass is 19.1. The highest BCUT2D eigenvalue weighted by Crippen LogP contribution is 2.28. The van der Waals surface area contributed by atoms with Crippen molar-refractivity contribution in [1.82, 2.24) is 30.2 Å². The Morgan fingerprint density at radius 1 is 1.09 bits per heavy atom. The number of pyridine rings is 1. The molecule has 3 heterocycles. The van der Waals surface area contributed by atoms with Gasteiger partial charge < -0.3 is 10.6 Å². The lowest BCUT2D eigenvalue weighted by Gasteiger charge is -2.17. The Labute approximate surface area is 190 Å². The van der Waals surface area contributed by atoms with E-state index in [9.17, 15) is 9.18 Å². The topological polar surface area (TPSA) is 106 Å². The summed E-state index contributed by atoms with van der Waals surface area (Å²) in [6.45, 7) is 4.59. The van der Waals surface area contributed by atoms with Crippen molar-refractivity contribution in [2.24, 2.45) is 0 Å². The first-order chi connectivity index (χ1) is 16.0. The minimum absolute atomic E-state index is 0.00117. The molecule has 1 amide bonds. The molecule has 9 heteroatoms. The van der Waals surface area contributed by atoms with Gasteiger partial charge in [-0.3, -0.25) is 9.78 Å². The van der Waals surface area contributed by atoms with Crippen LogP contribution < -0.4 is 10.6 Å². The first-order valence-electron chi connectivity index (χ1n) is 10.7. The fourth-order valence-electron chi connectivity index (χ4n) is 3.62. The molecule has 4 rings (SSSR count). The number of carbonyl (C=O) groups is 1. The molecule has 1 atom stereocenters. The average molecular weight is 446 g/mol. The van der Waals surface area contributed by atoms with Gasteiger partial charge in [-0.15, -0.1) is 0 Å². The van der Waals surface area contributed by atoms with Crippen molar-refractivity contribution < 1.29 is 9.18 Å². The Hall–Kier alpha value is -4.01. The maximum atomic E-state index is 14.3. The van der Waals surface area contributed by atoms with Gasteiger partial charge in [-0.1, -0.05) is 32.0 Å². The molecule has 0 fully saturated rings. The van der Waals surface area contributed by atoms with Crippen LogP contribution in [0.5, 0.6) is 0 Å². The SMILES string of the molecule is CCc1ncc(-c2cc(NC[C@@H](C)c3cccc4c(C(=O)NC)c(F)cnc34)ncn2)cn1. The van der Waals surface area contributed by atoms with Crippen LogP contribution in [0.3, 0.4) is 0 Å². The van der Waals surface area contributed by atoms with E-state index in [1.807, 2.05) is 32.0 Å². The van der Waals surface area contributed by atoms with E-state index in [-0.39, 0.29) is 11.5 Å². The summed E-state index contributed by atoms with van der Waals surface area (Å²) in [7, 11) is 1.48. The highest BCUT2D eigenvalue weighted by molar-refractivity contribution is 6.06. The number of anilines is 1. The Morgan fingerprint density at radius 2 is 1.88 bits per heavy atom. The van der Waals surface area contributed by atoms with Gasteiger partial charge in [0.15, 0.2) is 5.82 Å². The molecule has 1 aromatic carbocycles. The first kappa shape index (κ1) is 22.2. The number of amides is 1. The van der Waals surface area contributed by atoms with Gasteiger partial charge in [0, 0.05) is 55.3 Å². The van der Waals surface area contributed by atoms with Gasteiger partial charge in [-0.2, -0.15) is 0 Å². The predicted molar refractivity (Wildman–Crippen MR) is 124 cm³/mol. The maximum absolute atomic E-state index is 14.3. The zero-order chi connectivity index (χ0) is 23.4. The Bertz CT molecular complexity index is 1290.